The molecule has 1 unspecified atom stereocenters. The van der Waals surface area contributed by atoms with Crippen molar-refractivity contribution in [2.75, 3.05) is 43.8 Å². The van der Waals surface area contributed by atoms with Crippen LogP contribution in [0.25, 0.3) is 10.8 Å². The maximum absolute atomic E-state index is 13.4. The molecule has 1 aromatic carbocycles. The molecule has 0 radical (unpaired) electrons. The number of Topliss-reactive ketones (excluding diaryl/α,β-unsaturated/α-hetero) is 1. The number of benzene rings is 1. The number of carbonyl (C=O) groups excluding carboxylic acids is 1. The Bertz CT molecular complexity index is 1760. The predicted octanol–water partition coefficient (Wildman–Crippen LogP) is 0.991. The normalized spacial score (nSPS) is 19.2. The van der Waals surface area contributed by atoms with Crippen molar-refractivity contribution in [3.05, 3.63) is 41.5 Å². The van der Waals surface area contributed by atoms with Crippen LogP contribution in [-0.4, -0.2) is 90.0 Å². The molecule has 16 nitrogen and oxygen atoms in total. The van der Waals surface area contributed by atoms with Crippen LogP contribution < -0.4 is 25.7 Å². The molecule has 5 rings (SSSR count). The lowest BCUT2D eigenvalue weighted by atomic mass is 9.75. The average Bonchev–Trinajstić information content (AvgIpc) is 3.39. The van der Waals surface area contributed by atoms with Crippen LogP contribution in [0.15, 0.2) is 41.0 Å². The van der Waals surface area contributed by atoms with Crippen LogP contribution in [0.4, 0.5) is 10.9 Å². The number of aromatic nitrogens is 2. The number of hydroxylamine groups is 2. The van der Waals surface area contributed by atoms with E-state index >= 15 is 0 Å². The van der Waals surface area contributed by atoms with Crippen LogP contribution in [0, 0.1) is 11.8 Å². The molecule has 0 spiro atoms. The quantitative estimate of drug-likeness (QED) is 0.0656. The Hall–Kier alpha value is -3.94. The second kappa shape index (κ2) is 13.4. The van der Waals surface area contributed by atoms with E-state index in [-0.39, 0.29) is 29.5 Å². The van der Waals surface area contributed by atoms with E-state index in [4.69, 9.17) is 19.9 Å². The molecule has 18 heteroatoms. The van der Waals surface area contributed by atoms with Crippen LogP contribution in [0.5, 0.6) is 5.75 Å². The number of thiazole rings is 1. The molecule has 0 bridgehead atoms. The second-order valence-corrected chi connectivity index (χ2v) is 13.6. The number of carboxylic acids is 1. The van der Waals surface area contributed by atoms with E-state index in [1.54, 1.807) is 26.0 Å². The fourth-order valence-corrected chi connectivity index (χ4v) is 6.12. The molecule has 4 heterocycles. The highest BCUT2D eigenvalue weighted by molar-refractivity contribution is 7.80. The highest BCUT2D eigenvalue weighted by Gasteiger charge is 2.50. The molecule has 2 fully saturated rings. The van der Waals surface area contributed by atoms with Crippen molar-refractivity contribution in [2.24, 2.45) is 24.0 Å². The minimum atomic E-state index is -4.73. The molecule has 3 aromatic rings. The summed E-state index contributed by atoms with van der Waals surface area (Å²) < 4.78 is 43.6. The third kappa shape index (κ3) is 7.71. The smallest absolute Gasteiger partial charge is 0.413 e. The van der Waals surface area contributed by atoms with Gasteiger partial charge in [0.05, 0.1) is 25.2 Å². The van der Waals surface area contributed by atoms with E-state index in [1.165, 1.54) is 5.38 Å². The van der Waals surface area contributed by atoms with Crippen LogP contribution >= 0.6 is 11.3 Å². The number of nitrogens with one attached hydrogen (secondary N) is 2. The fourth-order valence-electron chi connectivity index (χ4n) is 5.09. The van der Waals surface area contributed by atoms with Crippen molar-refractivity contribution in [3.63, 3.8) is 0 Å². The van der Waals surface area contributed by atoms with Gasteiger partial charge in [-0.15, -0.1) is 11.3 Å². The number of aryl methyl sites for hydroxylation is 1. The van der Waals surface area contributed by atoms with Crippen molar-refractivity contribution >= 4 is 60.9 Å². The maximum atomic E-state index is 13.4. The van der Waals surface area contributed by atoms with E-state index < -0.39 is 46.3 Å². The monoisotopic (exact) mass is 678 g/mol. The summed E-state index contributed by atoms with van der Waals surface area (Å²) in [4.78, 5) is 34.9. The summed E-state index contributed by atoms with van der Waals surface area (Å²) in [6.45, 7) is 5.70. The number of hydrogen-bond donors (Lipinski definition) is 5. The zero-order valence-electron chi connectivity index (χ0n) is 25.4. The molecule has 2 atom stereocenters. The molecule has 248 valence electrons. The van der Waals surface area contributed by atoms with Gasteiger partial charge < -0.3 is 25.7 Å². The first kappa shape index (κ1) is 33.4. The molecule has 46 heavy (non-hydrogen) atoms. The summed E-state index contributed by atoms with van der Waals surface area (Å²) in [7, 11) is -2.78. The highest BCUT2D eigenvalue weighted by atomic mass is 32.3. The third-order valence-corrected chi connectivity index (χ3v) is 9.20. The van der Waals surface area contributed by atoms with Crippen molar-refractivity contribution < 1.29 is 46.1 Å². The molecular formula is C28H36N7O9S2+. The summed E-state index contributed by atoms with van der Waals surface area (Å²) in [6, 6.07) is 7.37. The first-order chi connectivity index (χ1) is 21.7. The standard InChI is InChI=1S/C28H35N7O9S2/c1-28(2)18(13-35(28)44-46(39,40)41)9-22(36)24(21-15-45-27(29)32-21)33-43-23(26(37)38)14-42-19-4-5-20-17(8-19)6-7-34(3)25(20)31-12-16-10-30-11-16/h4-8,15-16,18,23,30H,9-14H2,1-3H3,(H4,29,32,37,38,39,40,41)/p+1/b33-24-/t18?,23-/m0/s1. The maximum Gasteiger partial charge on any atom is 0.413 e. The number of aliphatic carboxylic acids is 1. The van der Waals surface area contributed by atoms with Crippen molar-refractivity contribution in [3.8, 4) is 5.75 Å². The number of carbonyl (C=O) groups is 2. The van der Waals surface area contributed by atoms with Crippen LogP contribution in [0.3, 0.4) is 0 Å². The summed E-state index contributed by atoms with van der Waals surface area (Å²) in [6.07, 6.45) is 0.226. The first-order valence-corrected chi connectivity index (χ1v) is 16.6. The first-order valence-electron chi connectivity index (χ1n) is 14.4. The molecule has 0 aliphatic carbocycles. The Morgan fingerprint density at radius 3 is 2.70 bits per heavy atom. The predicted molar refractivity (Wildman–Crippen MR) is 168 cm³/mol. The largest absolute Gasteiger partial charge is 0.489 e. The number of nitrogens with zero attached hydrogens (tertiary/aromatic N) is 4. The van der Waals surface area contributed by atoms with Gasteiger partial charge in [0.15, 0.2) is 16.6 Å². The van der Waals surface area contributed by atoms with E-state index in [9.17, 15) is 23.1 Å². The molecule has 2 aliphatic heterocycles. The number of pyridine rings is 1. The van der Waals surface area contributed by atoms with Crippen molar-refractivity contribution in [1.82, 2.24) is 15.4 Å². The molecule has 2 aliphatic rings. The van der Waals surface area contributed by atoms with Crippen LogP contribution in [-0.2, 0) is 36.2 Å². The van der Waals surface area contributed by atoms with Gasteiger partial charge in [-0.1, -0.05) is 5.16 Å². The van der Waals surface area contributed by atoms with Gasteiger partial charge in [-0.25, -0.2) is 14.3 Å². The number of fused-ring (bicyclic) bond motifs is 1. The molecule has 2 aromatic heterocycles. The number of rotatable bonds is 15. The van der Waals surface area contributed by atoms with Gasteiger partial charge in [0.25, 0.3) is 11.9 Å². The van der Waals surface area contributed by atoms with E-state index in [1.807, 2.05) is 29.9 Å². The third-order valence-electron chi connectivity index (χ3n) is 8.15. The zero-order valence-corrected chi connectivity index (χ0v) is 27.0. The van der Waals surface area contributed by atoms with Gasteiger partial charge in [0.2, 0.25) is 0 Å². The SMILES string of the molecule is C[n+]1ccc2cc(OC[C@H](O/N=C(\C(=O)CC3CN(OS(=O)(=O)O)C3(C)C)c3csc(N)n3)C(=O)O)ccc2c1NCC1CNC1. The van der Waals surface area contributed by atoms with Crippen molar-refractivity contribution in [2.45, 2.75) is 31.9 Å². The Balaban J connectivity index is 1.27. The molecule has 0 amide bonds. The van der Waals surface area contributed by atoms with Crippen molar-refractivity contribution in [1.29, 1.82) is 0 Å². The van der Waals surface area contributed by atoms with Gasteiger partial charge >= 0.3 is 16.4 Å². The minimum Gasteiger partial charge on any atom is -0.489 e. The molecule has 2 saturated heterocycles. The Morgan fingerprint density at radius 1 is 1.33 bits per heavy atom. The van der Waals surface area contributed by atoms with Gasteiger partial charge in [-0.2, -0.15) is 17.8 Å². The van der Waals surface area contributed by atoms with E-state index in [2.05, 4.69) is 25.1 Å². The lowest BCUT2D eigenvalue weighted by Gasteiger charge is -2.52. The second-order valence-electron chi connectivity index (χ2n) is 11.7. The lowest BCUT2D eigenvalue weighted by Crippen LogP contribution is -2.64. The van der Waals surface area contributed by atoms with Gasteiger partial charge in [-0.05, 0) is 43.5 Å². The van der Waals surface area contributed by atoms with Crippen LogP contribution in [0.2, 0.25) is 0 Å². The highest BCUT2D eigenvalue weighted by Crippen LogP contribution is 2.39. The van der Waals surface area contributed by atoms with E-state index in [0.717, 1.165) is 52.6 Å². The van der Waals surface area contributed by atoms with Crippen LogP contribution in [0.1, 0.15) is 26.0 Å². The number of nitrogens with two attached hydrogens (primary N) is 1. The molecule has 0 saturated carbocycles. The number of ketones is 1. The molecular weight excluding hydrogens is 642 g/mol. The van der Waals surface area contributed by atoms with Gasteiger partial charge in [-0.3, -0.25) is 14.7 Å². The number of carboxylic acid groups (broad SMARTS) is 1. The van der Waals surface area contributed by atoms with Gasteiger partial charge in [0.1, 0.15) is 18.1 Å². The summed E-state index contributed by atoms with van der Waals surface area (Å²) >= 11 is 1.06. The number of oxime groups is 1. The Kier molecular flexibility index (Phi) is 9.75. The summed E-state index contributed by atoms with van der Waals surface area (Å²) in [5, 5.41) is 25.1. The fraction of sp³-hybridized carbons (Fsp3) is 0.464. The topological polar surface area (TPSA) is 219 Å². The zero-order chi connectivity index (χ0) is 33.2. The van der Waals surface area contributed by atoms with Gasteiger partial charge in [0, 0.05) is 48.8 Å². The number of hydrogen-bond acceptors (Lipinski definition) is 14. The minimum absolute atomic E-state index is 0.0248. The number of nitrogen functional groups attached to an aromatic ring is 1. The summed E-state index contributed by atoms with van der Waals surface area (Å²) in [5.41, 5.74) is 4.68. The number of anilines is 2. The van der Waals surface area contributed by atoms with E-state index in [0.29, 0.717) is 11.7 Å². The average molecular weight is 679 g/mol. The molecule has 6 N–H and O–H groups in total. The summed E-state index contributed by atoms with van der Waals surface area (Å²) in [5.74, 6) is -0.359. The number of ether oxygens (including phenoxy) is 1. The Morgan fingerprint density at radius 2 is 2.09 bits per heavy atom. The lowest BCUT2D eigenvalue weighted by molar-refractivity contribution is -0.656. The Labute approximate surface area is 269 Å².